The lowest BCUT2D eigenvalue weighted by Gasteiger charge is -2.23. The monoisotopic (exact) mass is 287 g/mol. The Morgan fingerprint density at radius 1 is 1.44 bits per heavy atom. The highest BCUT2D eigenvalue weighted by Crippen LogP contribution is 2.29. The van der Waals surface area contributed by atoms with Crippen molar-refractivity contribution in [3.63, 3.8) is 0 Å². The van der Waals surface area contributed by atoms with Crippen LogP contribution < -0.4 is 5.32 Å². The highest BCUT2D eigenvalue weighted by molar-refractivity contribution is 9.10. The number of hydrogen-bond donors (Lipinski definition) is 2. The average Bonchev–Trinajstić information content (AvgIpc) is 2.31. The van der Waals surface area contributed by atoms with Crippen LogP contribution in [0, 0.1) is 5.82 Å². The summed E-state index contributed by atoms with van der Waals surface area (Å²) in [5, 5.41) is 12.7. The van der Waals surface area contributed by atoms with E-state index in [1.807, 2.05) is 0 Å². The Kier molecular flexibility index (Phi) is 3.82. The van der Waals surface area contributed by atoms with Gasteiger partial charge in [-0.25, -0.2) is 4.39 Å². The topological polar surface area (TPSA) is 32.3 Å². The SMILES string of the molecule is Oc1ccc(CC2CCCCN2)c(F)c1Br. The largest absolute Gasteiger partial charge is 0.507 e. The van der Waals surface area contributed by atoms with Crippen molar-refractivity contribution in [2.75, 3.05) is 6.54 Å². The van der Waals surface area contributed by atoms with E-state index >= 15 is 0 Å². The molecular weight excluding hydrogens is 273 g/mol. The molecule has 1 aromatic carbocycles. The van der Waals surface area contributed by atoms with Crippen LogP contribution in [0.2, 0.25) is 0 Å². The second kappa shape index (κ2) is 5.15. The van der Waals surface area contributed by atoms with E-state index in [-0.39, 0.29) is 16.0 Å². The molecule has 0 saturated carbocycles. The van der Waals surface area contributed by atoms with Gasteiger partial charge in [0.15, 0.2) is 0 Å². The number of hydrogen-bond acceptors (Lipinski definition) is 2. The quantitative estimate of drug-likeness (QED) is 0.877. The molecule has 0 radical (unpaired) electrons. The van der Waals surface area contributed by atoms with Crippen molar-refractivity contribution >= 4 is 15.9 Å². The van der Waals surface area contributed by atoms with Gasteiger partial charge in [-0.15, -0.1) is 0 Å². The van der Waals surface area contributed by atoms with Crippen molar-refractivity contribution in [3.8, 4) is 5.75 Å². The number of aromatic hydroxyl groups is 1. The molecule has 2 nitrogen and oxygen atoms in total. The lowest BCUT2D eigenvalue weighted by molar-refractivity contribution is 0.394. The molecule has 1 aliphatic rings. The number of nitrogens with one attached hydrogen (secondary N) is 1. The minimum atomic E-state index is -0.340. The normalized spacial score (nSPS) is 21.0. The maximum atomic E-state index is 13.8. The summed E-state index contributed by atoms with van der Waals surface area (Å²) in [4.78, 5) is 0. The Balaban J connectivity index is 2.11. The fourth-order valence-corrected chi connectivity index (χ4v) is 2.49. The molecule has 2 N–H and O–H groups in total. The van der Waals surface area contributed by atoms with Gasteiger partial charge in [0, 0.05) is 6.04 Å². The Bertz CT molecular complexity index is 378. The molecule has 0 aliphatic carbocycles. The molecule has 1 unspecified atom stereocenters. The predicted molar refractivity (Wildman–Crippen MR) is 65.1 cm³/mol. The maximum absolute atomic E-state index is 13.8. The van der Waals surface area contributed by atoms with Crippen LogP contribution in [-0.2, 0) is 6.42 Å². The van der Waals surface area contributed by atoms with Crippen molar-refractivity contribution in [3.05, 3.63) is 28.0 Å². The number of phenols is 1. The van der Waals surface area contributed by atoms with Crippen LogP contribution in [0.15, 0.2) is 16.6 Å². The van der Waals surface area contributed by atoms with E-state index in [4.69, 9.17) is 0 Å². The van der Waals surface area contributed by atoms with Crippen molar-refractivity contribution in [2.24, 2.45) is 0 Å². The molecule has 1 aliphatic heterocycles. The van der Waals surface area contributed by atoms with Crippen molar-refractivity contribution < 1.29 is 9.50 Å². The Labute approximate surface area is 103 Å². The van der Waals surface area contributed by atoms with Gasteiger partial charge in [-0.2, -0.15) is 0 Å². The van der Waals surface area contributed by atoms with E-state index in [1.54, 1.807) is 6.07 Å². The molecule has 1 fully saturated rings. The van der Waals surface area contributed by atoms with Crippen LogP contribution in [0.25, 0.3) is 0 Å². The first-order valence-corrected chi connectivity index (χ1v) is 6.37. The average molecular weight is 288 g/mol. The zero-order valence-corrected chi connectivity index (χ0v) is 10.6. The Morgan fingerprint density at radius 3 is 2.94 bits per heavy atom. The second-order valence-electron chi connectivity index (χ2n) is 4.22. The highest BCUT2D eigenvalue weighted by atomic mass is 79.9. The smallest absolute Gasteiger partial charge is 0.144 e. The molecule has 0 aromatic heterocycles. The van der Waals surface area contributed by atoms with E-state index in [0.717, 1.165) is 13.0 Å². The summed E-state index contributed by atoms with van der Waals surface area (Å²) in [5.41, 5.74) is 0.657. The third-order valence-electron chi connectivity index (χ3n) is 3.02. The fraction of sp³-hybridized carbons (Fsp3) is 0.500. The van der Waals surface area contributed by atoms with Gasteiger partial charge in [-0.3, -0.25) is 0 Å². The minimum absolute atomic E-state index is 0.0437. The molecule has 1 heterocycles. The molecule has 4 heteroatoms. The molecule has 0 bridgehead atoms. The minimum Gasteiger partial charge on any atom is -0.507 e. The van der Waals surface area contributed by atoms with Crippen molar-refractivity contribution in [1.82, 2.24) is 5.32 Å². The third-order valence-corrected chi connectivity index (χ3v) is 3.77. The zero-order valence-electron chi connectivity index (χ0n) is 8.97. The highest BCUT2D eigenvalue weighted by Gasteiger charge is 2.17. The first-order valence-electron chi connectivity index (χ1n) is 5.57. The summed E-state index contributed by atoms with van der Waals surface area (Å²) in [5.74, 6) is -0.384. The molecule has 2 rings (SSSR count). The van der Waals surface area contributed by atoms with Gasteiger partial charge >= 0.3 is 0 Å². The van der Waals surface area contributed by atoms with Gasteiger partial charge in [0.2, 0.25) is 0 Å². The number of phenolic OH excluding ortho intramolecular Hbond substituents is 1. The Hall–Kier alpha value is -0.610. The third kappa shape index (κ3) is 2.55. The van der Waals surface area contributed by atoms with Crippen LogP contribution in [0.3, 0.4) is 0 Å². The van der Waals surface area contributed by atoms with E-state index < -0.39 is 0 Å². The van der Waals surface area contributed by atoms with E-state index in [0.29, 0.717) is 18.0 Å². The van der Waals surface area contributed by atoms with Crippen LogP contribution >= 0.6 is 15.9 Å². The first kappa shape index (κ1) is 11.9. The van der Waals surface area contributed by atoms with Crippen LogP contribution in [0.5, 0.6) is 5.75 Å². The molecule has 88 valence electrons. The van der Waals surface area contributed by atoms with Crippen molar-refractivity contribution in [2.45, 2.75) is 31.7 Å². The first-order chi connectivity index (χ1) is 7.68. The van der Waals surface area contributed by atoms with Gasteiger partial charge in [0.25, 0.3) is 0 Å². The second-order valence-corrected chi connectivity index (χ2v) is 5.02. The summed E-state index contributed by atoms with van der Waals surface area (Å²) in [6.45, 7) is 1.02. The van der Waals surface area contributed by atoms with Gasteiger partial charge in [-0.1, -0.05) is 12.5 Å². The van der Waals surface area contributed by atoms with Crippen LogP contribution in [0.1, 0.15) is 24.8 Å². The molecule has 16 heavy (non-hydrogen) atoms. The Morgan fingerprint density at radius 2 is 2.25 bits per heavy atom. The lowest BCUT2D eigenvalue weighted by Crippen LogP contribution is -2.35. The summed E-state index contributed by atoms with van der Waals surface area (Å²) in [6.07, 6.45) is 4.19. The van der Waals surface area contributed by atoms with Crippen molar-refractivity contribution in [1.29, 1.82) is 0 Å². The zero-order chi connectivity index (χ0) is 11.5. The fourth-order valence-electron chi connectivity index (χ4n) is 2.10. The maximum Gasteiger partial charge on any atom is 0.144 e. The van der Waals surface area contributed by atoms with Gasteiger partial charge in [-0.05, 0) is 53.4 Å². The van der Waals surface area contributed by atoms with Gasteiger partial charge in [0.1, 0.15) is 11.6 Å². The van der Waals surface area contributed by atoms with Crippen LogP contribution in [0.4, 0.5) is 4.39 Å². The molecular formula is C12H15BrFNO. The number of benzene rings is 1. The van der Waals surface area contributed by atoms with E-state index in [2.05, 4.69) is 21.2 Å². The van der Waals surface area contributed by atoms with E-state index in [9.17, 15) is 9.50 Å². The summed E-state index contributed by atoms with van der Waals surface area (Å²) in [7, 11) is 0. The summed E-state index contributed by atoms with van der Waals surface area (Å²) < 4.78 is 14.0. The molecule has 1 saturated heterocycles. The number of piperidine rings is 1. The summed E-state index contributed by atoms with van der Waals surface area (Å²) >= 11 is 3.05. The lowest BCUT2D eigenvalue weighted by atomic mass is 9.97. The standard InChI is InChI=1S/C12H15BrFNO/c13-11-10(16)5-4-8(12(11)14)7-9-3-1-2-6-15-9/h4-5,9,15-16H,1-3,6-7H2. The number of rotatable bonds is 2. The van der Waals surface area contributed by atoms with E-state index in [1.165, 1.54) is 18.9 Å². The molecule has 0 amide bonds. The molecule has 0 spiro atoms. The van der Waals surface area contributed by atoms with Gasteiger partial charge < -0.3 is 10.4 Å². The van der Waals surface area contributed by atoms with Gasteiger partial charge in [0.05, 0.1) is 4.47 Å². The molecule has 1 atom stereocenters. The molecule has 1 aromatic rings. The summed E-state index contributed by atoms with van der Waals surface area (Å²) in [6, 6.07) is 3.55. The van der Waals surface area contributed by atoms with Crippen LogP contribution in [-0.4, -0.2) is 17.7 Å². The number of halogens is 2. The predicted octanol–water partition coefficient (Wildman–Crippen LogP) is 2.98.